The molecule has 1 unspecified atom stereocenters. The van der Waals surface area contributed by atoms with E-state index < -0.39 is 41.2 Å². The van der Waals surface area contributed by atoms with Crippen LogP contribution in [-0.4, -0.2) is 101 Å². The molecule has 0 bridgehead atoms. The highest BCUT2D eigenvalue weighted by atomic mass is 16.6. The molecule has 4 aromatic rings. The number of aliphatic hydroxyl groups excluding tert-OH is 1. The van der Waals surface area contributed by atoms with Crippen LogP contribution in [0.5, 0.6) is 0 Å². The van der Waals surface area contributed by atoms with Gasteiger partial charge in [0, 0.05) is 0 Å². The van der Waals surface area contributed by atoms with Crippen LogP contribution in [-0.2, 0) is 42.0 Å². The average molecular weight is 679 g/mol. The van der Waals surface area contributed by atoms with Crippen molar-refractivity contribution in [3.63, 3.8) is 0 Å². The van der Waals surface area contributed by atoms with E-state index in [4.69, 9.17) is 41.9 Å². The van der Waals surface area contributed by atoms with E-state index in [9.17, 15) is 24.3 Å². The van der Waals surface area contributed by atoms with Crippen molar-refractivity contribution in [3.8, 4) is 0 Å². The van der Waals surface area contributed by atoms with E-state index in [1.54, 1.807) is 13.8 Å². The Labute approximate surface area is 272 Å². The molecule has 0 aromatic carbocycles. The van der Waals surface area contributed by atoms with Crippen molar-refractivity contribution in [2.75, 3.05) is 37.9 Å². The van der Waals surface area contributed by atoms with Gasteiger partial charge in [-0.05, 0) is 11.8 Å². The Morgan fingerprint density at radius 1 is 0.812 bits per heavy atom. The van der Waals surface area contributed by atoms with Crippen LogP contribution in [0.2, 0.25) is 0 Å². The SMILES string of the molecule is CC(C)[C@H](N)C(=O)OCC(CO)OCn1cnc2c(=O)[nH]c(N)nc21.CC(C)[C@H](N)C(=O)OCCOCn1cnc2c(=O)[nH]c(N)nc21. The predicted molar refractivity (Wildman–Crippen MR) is 171 cm³/mol. The number of nitrogens with zero attached hydrogens (tertiary/aromatic N) is 6. The van der Waals surface area contributed by atoms with Crippen LogP contribution in [0.4, 0.5) is 11.9 Å². The maximum absolute atomic E-state index is 11.7. The van der Waals surface area contributed by atoms with Gasteiger partial charge in [0.1, 0.15) is 44.9 Å². The number of carbonyl (C=O) groups is 2. The predicted octanol–water partition coefficient (Wildman–Crippen LogP) is -2.23. The van der Waals surface area contributed by atoms with Gasteiger partial charge in [-0.25, -0.2) is 9.97 Å². The number of carbonyl (C=O) groups excluding carboxylic acids is 2. The summed E-state index contributed by atoms with van der Waals surface area (Å²) in [5.74, 6) is -1.12. The van der Waals surface area contributed by atoms with Crippen molar-refractivity contribution < 1.29 is 33.6 Å². The van der Waals surface area contributed by atoms with Gasteiger partial charge in [0.05, 0.1) is 25.9 Å². The molecule has 4 aromatic heterocycles. The highest BCUT2D eigenvalue weighted by Crippen LogP contribution is 2.09. The molecule has 264 valence electrons. The molecule has 0 amide bonds. The van der Waals surface area contributed by atoms with Crippen LogP contribution in [0.25, 0.3) is 22.3 Å². The highest BCUT2D eigenvalue weighted by Gasteiger charge is 2.21. The number of nitrogen functional groups attached to an aromatic ring is 2. The van der Waals surface area contributed by atoms with Gasteiger partial charge in [-0.1, -0.05) is 27.7 Å². The van der Waals surface area contributed by atoms with E-state index in [1.165, 1.54) is 21.8 Å². The number of hydrogen-bond acceptors (Lipinski definition) is 17. The Kier molecular flexibility index (Phi) is 13.5. The minimum Gasteiger partial charge on any atom is -0.462 e. The van der Waals surface area contributed by atoms with Crippen LogP contribution >= 0.6 is 0 Å². The molecule has 0 aliphatic rings. The first-order valence-corrected chi connectivity index (χ1v) is 14.8. The van der Waals surface area contributed by atoms with E-state index >= 15 is 0 Å². The number of imidazole rings is 2. The summed E-state index contributed by atoms with van der Waals surface area (Å²) >= 11 is 0. The number of esters is 2. The first kappa shape index (κ1) is 37.5. The third-order valence-electron chi connectivity index (χ3n) is 6.73. The number of fused-ring (bicyclic) bond motifs is 2. The molecule has 21 heteroatoms. The number of nitrogens with two attached hydrogens (primary N) is 4. The largest absolute Gasteiger partial charge is 0.462 e. The normalized spacial score (nSPS) is 13.4. The summed E-state index contributed by atoms with van der Waals surface area (Å²) in [6.07, 6.45) is 2.02. The van der Waals surface area contributed by atoms with Gasteiger partial charge in [-0.2, -0.15) is 9.97 Å². The van der Waals surface area contributed by atoms with Crippen molar-refractivity contribution in [1.82, 2.24) is 39.0 Å². The van der Waals surface area contributed by atoms with Gasteiger partial charge in [-0.15, -0.1) is 0 Å². The molecule has 11 N–H and O–H groups in total. The Bertz CT molecular complexity index is 1780. The quantitative estimate of drug-likeness (QED) is 0.0516. The van der Waals surface area contributed by atoms with Crippen molar-refractivity contribution in [1.29, 1.82) is 0 Å². The van der Waals surface area contributed by atoms with Crippen molar-refractivity contribution in [2.24, 2.45) is 23.3 Å². The van der Waals surface area contributed by atoms with Crippen LogP contribution in [0.3, 0.4) is 0 Å². The van der Waals surface area contributed by atoms with Gasteiger partial charge >= 0.3 is 11.9 Å². The number of rotatable bonds is 15. The number of aromatic nitrogens is 8. The second-order valence-corrected chi connectivity index (χ2v) is 11.2. The number of ether oxygens (including phenoxy) is 4. The van der Waals surface area contributed by atoms with Crippen molar-refractivity contribution in [3.05, 3.63) is 33.4 Å². The standard InChI is InChI=1S/C14H22N6O5.C13H20N6O4/c1-7(2)9(15)13(23)24-4-8(3-21)25-6-20-5-17-10-11(20)18-14(16)19-12(10)22;1-7(2)8(14)12(21)23-4-3-22-6-19-5-16-9-10(19)17-13(15)18-11(9)20/h5,7-9,21H,3-4,6,15H2,1-2H3,(H3,16,18,19,22);5,7-8H,3-4,6,14H2,1-2H3,(H3,15,17,18,20)/t8?,9-;8-/m00/s1. The summed E-state index contributed by atoms with van der Waals surface area (Å²) in [6.45, 7) is 7.06. The van der Waals surface area contributed by atoms with E-state index in [2.05, 4.69) is 29.9 Å². The lowest BCUT2D eigenvalue weighted by atomic mass is 10.1. The van der Waals surface area contributed by atoms with Crippen LogP contribution in [0.15, 0.2) is 22.2 Å². The van der Waals surface area contributed by atoms with E-state index in [-0.39, 0.29) is 80.3 Å². The number of nitrogens with one attached hydrogen (secondary N) is 2. The second-order valence-electron chi connectivity index (χ2n) is 11.2. The number of aliphatic hydroxyl groups is 1. The number of anilines is 2. The molecular weight excluding hydrogens is 636 g/mol. The first-order chi connectivity index (χ1) is 22.7. The molecule has 4 heterocycles. The topological polar surface area (TPSA) is 323 Å². The Morgan fingerprint density at radius 2 is 1.29 bits per heavy atom. The first-order valence-electron chi connectivity index (χ1n) is 14.8. The number of hydrogen-bond donors (Lipinski definition) is 7. The molecule has 48 heavy (non-hydrogen) atoms. The molecule has 21 nitrogen and oxygen atoms in total. The molecule has 0 radical (unpaired) electrons. The van der Waals surface area contributed by atoms with Gasteiger partial charge < -0.3 is 47.0 Å². The summed E-state index contributed by atoms with van der Waals surface area (Å²) in [4.78, 5) is 67.2. The Balaban J connectivity index is 0.000000261. The molecule has 0 aliphatic heterocycles. The summed E-state index contributed by atoms with van der Waals surface area (Å²) in [6, 6.07) is -1.39. The zero-order valence-electron chi connectivity index (χ0n) is 27.0. The zero-order chi connectivity index (χ0) is 35.5. The molecule has 0 fully saturated rings. The number of H-pyrrole nitrogens is 2. The minimum atomic E-state index is -0.764. The summed E-state index contributed by atoms with van der Waals surface area (Å²) in [5.41, 5.74) is 22.3. The van der Waals surface area contributed by atoms with Crippen LogP contribution < -0.4 is 34.1 Å². The van der Waals surface area contributed by atoms with Crippen LogP contribution in [0, 0.1) is 11.8 Å². The lowest BCUT2D eigenvalue weighted by Gasteiger charge is -2.19. The zero-order valence-corrected chi connectivity index (χ0v) is 27.0. The highest BCUT2D eigenvalue weighted by molar-refractivity contribution is 5.76. The molecule has 3 atom stereocenters. The average Bonchev–Trinajstić information content (AvgIpc) is 3.64. The van der Waals surface area contributed by atoms with Gasteiger partial charge in [0.25, 0.3) is 11.1 Å². The maximum Gasteiger partial charge on any atom is 0.323 e. The molecular formula is C27H42N12O9. The fourth-order valence-electron chi connectivity index (χ4n) is 3.75. The molecule has 0 saturated heterocycles. The lowest BCUT2D eigenvalue weighted by Crippen LogP contribution is -2.39. The van der Waals surface area contributed by atoms with Gasteiger partial charge in [-0.3, -0.25) is 38.3 Å². The maximum atomic E-state index is 11.7. The van der Waals surface area contributed by atoms with Gasteiger partial charge in [0.15, 0.2) is 22.3 Å². The third kappa shape index (κ3) is 10.0. The smallest absolute Gasteiger partial charge is 0.323 e. The number of aromatic amines is 2. The molecule has 0 saturated carbocycles. The monoisotopic (exact) mass is 678 g/mol. The van der Waals surface area contributed by atoms with Crippen molar-refractivity contribution >= 4 is 46.2 Å². The van der Waals surface area contributed by atoms with E-state index in [0.29, 0.717) is 5.65 Å². The lowest BCUT2D eigenvalue weighted by molar-refractivity contribution is -0.153. The fourth-order valence-corrected chi connectivity index (χ4v) is 3.75. The minimum absolute atomic E-state index is 0.000790. The summed E-state index contributed by atoms with van der Waals surface area (Å²) in [5, 5.41) is 9.35. The van der Waals surface area contributed by atoms with Crippen molar-refractivity contribution in [2.45, 2.75) is 59.3 Å². The van der Waals surface area contributed by atoms with Gasteiger partial charge in [0.2, 0.25) is 11.9 Å². The summed E-state index contributed by atoms with van der Waals surface area (Å²) < 4.78 is 23.9. The Hall–Kier alpha value is -4.96. The molecule has 0 aliphatic carbocycles. The molecule has 0 spiro atoms. The third-order valence-corrected chi connectivity index (χ3v) is 6.73. The van der Waals surface area contributed by atoms with E-state index in [1.807, 2.05) is 13.8 Å². The Morgan fingerprint density at radius 3 is 1.77 bits per heavy atom. The van der Waals surface area contributed by atoms with E-state index in [0.717, 1.165) is 0 Å². The van der Waals surface area contributed by atoms with Crippen LogP contribution in [0.1, 0.15) is 27.7 Å². The molecule has 4 rings (SSSR count). The second kappa shape index (κ2) is 17.3. The fraction of sp³-hybridized carbons (Fsp3) is 0.556. The summed E-state index contributed by atoms with van der Waals surface area (Å²) in [7, 11) is 0.